The summed E-state index contributed by atoms with van der Waals surface area (Å²) in [6, 6.07) is 11.8. The van der Waals surface area contributed by atoms with Crippen molar-refractivity contribution in [3.63, 3.8) is 0 Å². The fourth-order valence-electron chi connectivity index (χ4n) is 4.88. The Hall–Kier alpha value is -2.95. The summed E-state index contributed by atoms with van der Waals surface area (Å²) in [7, 11) is 2.78. The Kier molecular flexibility index (Phi) is 6.05. The number of benzene rings is 1. The van der Waals surface area contributed by atoms with E-state index >= 15 is 0 Å². The number of carbonyl (C=O) groups excluding carboxylic acids is 1. The number of nitrogens with zero attached hydrogens (tertiary/aromatic N) is 2. The lowest BCUT2D eigenvalue weighted by atomic mass is 9.81. The molecular weight excluding hydrogens is 443 g/mol. The zero-order valence-electron chi connectivity index (χ0n) is 19.7. The van der Waals surface area contributed by atoms with E-state index in [9.17, 15) is 4.79 Å². The first-order valence-corrected chi connectivity index (χ1v) is 12.3. The fourth-order valence-corrected chi connectivity index (χ4v) is 5.36. The molecule has 0 saturated carbocycles. The van der Waals surface area contributed by atoms with Gasteiger partial charge in [-0.3, -0.25) is 4.79 Å². The monoisotopic (exact) mass is 474 g/mol. The third-order valence-electron chi connectivity index (χ3n) is 6.81. The summed E-state index contributed by atoms with van der Waals surface area (Å²) in [6.07, 6.45) is 6.03. The van der Waals surface area contributed by atoms with Gasteiger partial charge in [-0.05, 0) is 49.0 Å². The van der Waals surface area contributed by atoms with Gasteiger partial charge < -0.3 is 20.3 Å². The normalized spacial score (nSPS) is 22.1. The van der Waals surface area contributed by atoms with E-state index in [1.54, 1.807) is 0 Å². The van der Waals surface area contributed by atoms with Gasteiger partial charge >= 0.3 is 0 Å². The first-order valence-electron chi connectivity index (χ1n) is 11.7. The smallest absolute Gasteiger partial charge is 0.174 e. The molecule has 1 fully saturated rings. The van der Waals surface area contributed by atoms with Crippen LogP contribution in [0.25, 0.3) is 0 Å². The number of ketones is 1. The van der Waals surface area contributed by atoms with E-state index in [0.29, 0.717) is 0 Å². The van der Waals surface area contributed by atoms with E-state index in [2.05, 4.69) is 62.3 Å². The van der Waals surface area contributed by atoms with Crippen molar-refractivity contribution < 1.29 is 9.53 Å². The third kappa shape index (κ3) is 4.28. The number of para-hydroxylation sites is 1. The van der Waals surface area contributed by atoms with Crippen LogP contribution >= 0.6 is 9.24 Å². The number of fused-ring (bicyclic) bond motifs is 2. The highest BCUT2D eigenvalue weighted by atomic mass is 31.0. The highest BCUT2D eigenvalue weighted by Crippen LogP contribution is 2.38. The molecule has 1 aromatic heterocycles. The van der Waals surface area contributed by atoms with Gasteiger partial charge in [-0.25, -0.2) is 4.98 Å². The van der Waals surface area contributed by atoms with Gasteiger partial charge in [-0.2, -0.15) is 0 Å². The van der Waals surface area contributed by atoms with Crippen molar-refractivity contribution in [2.75, 3.05) is 36.5 Å². The molecule has 2 aliphatic heterocycles. The largest absolute Gasteiger partial charge is 0.378 e. The van der Waals surface area contributed by atoms with Gasteiger partial charge in [-0.1, -0.05) is 30.9 Å². The van der Waals surface area contributed by atoms with Crippen LogP contribution in [0.5, 0.6) is 0 Å². The van der Waals surface area contributed by atoms with Gasteiger partial charge in [0, 0.05) is 41.8 Å². The maximum atomic E-state index is 13.1. The van der Waals surface area contributed by atoms with Crippen molar-refractivity contribution in [2.24, 2.45) is 5.92 Å². The molecule has 7 heteroatoms. The second-order valence-corrected chi connectivity index (χ2v) is 10.2. The molecule has 3 atom stereocenters. The molecule has 1 aromatic carbocycles. The Balaban J connectivity index is 1.36. The molecule has 3 unspecified atom stereocenters. The van der Waals surface area contributed by atoms with Crippen molar-refractivity contribution >= 4 is 26.5 Å². The summed E-state index contributed by atoms with van der Waals surface area (Å²) in [5, 5.41) is 8.14. The second kappa shape index (κ2) is 9.01. The fraction of sp³-hybridized carbons (Fsp3) is 0.333. The molecule has 0 spiro atoms. The molecule has 6 nitrogen and oxygen atoms in total. The van der Waals surface area contributed by atoms with Crippen LogP contribution in [0.1, 0.15) is 29.8 Å². The SMILES string of the molecule is C=C(NC(C)(C)c1ccnc(N2CCOCC2)c1)C1=CC2Nc3ccccc3C(=O)C2C=C1P. The third-order valence-corrected chi connectivity index (χ3v) is 7.31. The number of nitrogens with one attached hydrogen (secondary N) is 2. The quantitative estimate of drug-likeness (QED) is 0.632. The molecule has 1 saturated heterocycles. The molecule has 1 aliphatic carbocycles. The highest BCUT2D eigenvalue weighted by molar-refractivity contribution is 7.23. The van der Waals surface area contributed by atoms with Crippen LogP contribution in [-0.2, 0) is 10.3 Å². The van der Waals surface area contributed by atoms with Gasteiger partial charge in [0.25, 0.3) is 0 Å². The minimum Gasteiger partial charge on any atom is -0.378 e. The molecule has 0 radical (unpaired) electrons. The average molecular weight is 475 g/mol. The molecule has 176 valence electrons. The molecule has 3 aliphatic rings. The summed E-state index contributed by atoms with van der Waals surface area (Å²) in [6.45, 7) is 11.8. The van der Waals surface area contributed by atoms with Gasteiger partial charge in [-0.15, -0.1) is 9.24 Å². The zero-order chi connectivity index (χ0) is 23.9. The average Bonchev–Trinajstić information content (AvgIpc) is 2.85. The number of aromatic nitrogens is 1. The lowest BCUT2D eigenvalue weighted by molar-refractivity contribution is 0.0935. The van der Waals surface area contributed by atoms with E-state index in [-0.39, 0.29) is 23.3 Å². The molecule has 2 N–H and O–H groups in total. The molecule has 3 heterocycles. The number of hydrogen-bond acceptors (Lipinski definition) is 6. The molecule has 5 rings (SSSR count). The van der Waals surface area contributed by atoms with E-state index in [0.717, 1.165) is 65.5 Å². The van der Waals surface area contributed by atoms with E-state index < -0.39 is 0 Å². The Bertz CT molecular complexity index is 1200. The predicted octanol–water partition coefficient (Wildman–Crippen LogP) is 4.25. The Morgan fingerprint density at radius 1 is 1.24 bits per heavy atom. The zero-order valence-corrected chi connectivity index (χ0v) is 20.8. The molecule has 2 aromatic rings. The summed E-state index contributed by atoms with van der Waals surface area (Å²) in [5.74, 6) is 0.903. The van der Waals surface area contributed by atoms with E-state index in [1.807, 2.05) is 42.6 Å². The Labute approximate surface area is 203 Å². The minimum absolute atomic E-state index is 0.0998. The van der Waals surface area contributed by atoms with Crippen LogP contribution in [0.2, 0.25) is 0 Å². The number of morpholine rings is 1. The molecule has 34 heavy (non-hydrogen) atoms. The van der Waals surface area contributed by atoms with Crippen molar-refractivity contribution in [1.82, 2.24) is 10.3 Å². The first-order chi connectivity index (χ1) is 16.3. The minimum atomic E-state index is -0.369. The summed E-state index contributed by atoms with van der Waals surface area (Å²) in [4.78, 5) is 19.9. The maximum Gasteiger partial charge on any atom is 0.174 e. The van der Waals surface area contributed by atoms with Crippen LogP contribution < -0.4 is 15.5 Å². The van der Waals surface area contributed by atoms with Crippen molar-refractivity contribution in [3.8, 4) is 0 Å². The Morgan fingerprint density at radius 2 is 2.00 bits per heavy atom. The van der Waals surface area contributed by atoms with Gasteiger partial charge in [0.1, 0.15) is 5.82 Å². The lowest BCUT2D eigenvalue weighted by Gasteiger charge is -2.36. The van der Waals surface area contributed by atoms with Gasteiger partial charge in [0.15, 0.2) is 5.78 Å². The highest BCUT2D eigenvalue weighted by Gasteiger charge is 2.36. The summed E-state index contributed by atoms with van der Waals surface area (Å²) in [5.41, 5.74) is 4.22. The number of hydrogen-bond donors (Lipinski definition) is 2. The molecule has 0 amide bonds. The van der Waals surface area contributed by atoms with Gasteiger partial charge in [0.2, 0.25) is 0 Å². The van der Waals surface area contributed by atoms with Crippen LogP contribution in [-0.4, -0.2) is 43.1 Å². The Morgan fingerprint density at radius 3 is 2.79 bits per heavy atom. The summed E-state index contributed by atoms with van der Waals surface area (Å²) < 4.78 is 5.48. The van der Waals surface area contributed by atoms with Crippen LogP contribution in [0.15, 0.2) is 77.9 Å². The van der Waals surface area contributed by atoms with Crippen molar-refractivity contribution in [1.29, 1.82) is 0 Å². The van der Waals surface area contributed by atoms with E-state index in [1.165, 1.54) is 0 Å². The number of allylic oxidation sites excluding steroid dienone is 1. The number of carbonyl (C=O) groups is 1. The van der Waals surface area contributed by atoms with Gasteiger partial charge in [0.05, 0.1) is 30.7 Å². The standard InChI is InChI=1S/C27H31N4O2P/c1-17(30-27(2,3)18-8-9-28-25(14-18)31-10-12-33-13-11-31)20-15-23-21(16-24(20)34)26(32)19-6-4-5-7-22(19)29-23/h4-9,14-16,21,23,29-30H,1,10-13,34H2,2-3H3. The van der Waals surface area contributed by atoms with Crippen LogP contribution in [0.3, 0.4) is 0 Å². The first kappa shape index (κ1) is 22.8. The number of anilines is 2. The topological polar surface area (TPSA) is 66.5 Å². The maximum absolute atomic E-state index is 13.1. The second-order valence-electron chi connectivity index (χ2n) is 9.54. The van der Waals surface area contributed by atoms with Crippen molar-refractivity contribution in [2.45, 2.75) is 25.4 Å². The number of ether oxygens (including phenoxy) is 1. The van der Waals surface area contributed by atoms with Crippen LogP contribution in [0, 0.1) is 5.92 Å². The van der Waals surface area contributed by atoms with Crippen LogP contribution in [0.4, 0.5) is 11.5 Å². The number of rotatable bonds is 5. The number of pyridine rings is 1. The molecule has 0 bridgehead atoms. The van der Waals surface area contributed by atoms with E-state index in [4.69, 9.17) is 4.74 Å². The lowest BCUT2D eigenvalue weighted by Crippen LogP contribution is -2.41. The van der Waals surface area contributed by atoms with Crippen molar-refractivity contribution in [3.05, 3.63) is 89.0 Å². The number of Topliss-reactive ketones (excluding diaryl/α,β-unsaturated/α-hetero) is 1. The predicted molar refractivity (Wildman–Crippen MR) is 140 cm³/mol. The molecular formula is C27H31N4O2P. The summed E-state index contributed by atoms with van der Waals surface area (Å²) >= 11 is 0.